The standard InChI is InChI=1S/C17H14ClNO2/c1-11(12-5-4-6-13(18)9-12)10-19-16(20)14-7-2-3-8-15(14)17(19)21/h2-9,11H,10H2,1H3. The Morgan fingerprint density at radius 2 is 1.62 bits per heavy atom. The molecule has 0 saturated carbocycles. The van der Waals surface area contributed by atoms with E-state index in [1.54, 1.807) is 30.3 Å². The third kappa shape index (κ3) is 2.45. The summed E-state index contributed by atoms with van der Waals surface area (Å²) in [5.74, 6) is -0.403. The zero-order valence-electron chi connectivity index (χ0n) is 11.5. The van der Waals surface area contributed by atoms with Crippen molar-refractivity contribution in [2.75, 3.05) is 6.54 Å². The zero-order valence-corrected chi connectivity index (χ0v) is 12.3. The molecule has 0 aromatic heterocycles. The van der Waals surface area contributed by atoms with Gasteiger partial charge in [0.05, 0.1) is 11.1 Å². The molecule has 1 heterocycles. The van der Waals surface area contributed by atoms with Crippen LogP contribution < -0.4 is 0 Å². The minimum absolute atomic E-state index is 0.0333. The molecule has 1 unspecified atom stereocenters. The van der Waals surface area contributed by atoms with Gasteiger partial charge >= 0.3 is 0 Å². The molecule has 0 bridgehead atoms. The number of halogens is 1. The van der Waals surface area contributed by atoms with Crippen LogP contribution in [0.2, 0.25) is 5.02 Å². The molecule has 0 aliphatic carbocycles. The molecular weight excluding hydrogens is 286 g/mol. The van der Waals surface area contributed by atoms with Crippen molar-refractivity contribution in [1.82, 2.24) is 4.90 Å². The van der Waals surface area contributed by atoms with Gasteiger partial charge in [-0.1, -0.05) is 42.8 Å². The van der Waals surface area contributed by atoms with Crippen molar-refractivity contribution in [2.24, 2.45) is 0 Å². The Morgan fingerprint density at radius 1 is 1.00 bits per heavy atom. The summed E-state index contributed by atoms with van der Waals surface area (Å²) in [6.45, 7) is 2.34. The number of fused-ring (bicyclic) bond motifs is 1. The van der Waals surface area contributed by atoms with Gasteiger partial charge in [0.1, 0.15) is 0 Å². The van der Waals surface area contributed by atoms with E-state index in [9.17, 15) is 9.59 Å². The number of carbonyl (C=O) groups is 2. The van der Waals surface area contributed by atoms with Crippen LogP contribution in [0, 0.1) is 0 Å². The first-order valence-corrected chi connectivity index (χ1v) is 7.16. The molecule has 4 heteroatoms. The van der Waals surface area contributed by atoms with Gasteiger partial charge in [-0.3, -0.25) is 14.5 Å². The fourth-order valence-electron chi connectivity index (χ4n) is 2.60. The molecule has 106 valence electrons. The van der Waals surface area contributed by atoms with Gasteiger partial charge in [0.15, 0.2) is 0 Å². The molecule has 2 aromatic rings. The van der Waals surface area contributed by atoms with Crippen molar-refractivity contribution in [3.05, 3.63) is 70.2 Å². The van der Waals surface area contributed by atoms with Crippen LogP contribution in [-0.2, 0) is 0 Å². The summed E-state index contributed by atoms with van der Waals surface area (Å²) < 4.78 is 0. The van der Waals surface area contributed by atoms with Crippen molar-refractivity contribution >= 4 is 23.4 Å². The summed E-state index contributed by atoms with van der Waals surface area (Å²) in [4.78, 5) is 26.0. The molecule has 1 aliphatic heterocycles. The Bertz CT molecular complexity index is 691. The third-order valence-electron chi connectivity index (χ3n) is 3.75. The molecule has 0 fully saturated rings. The van der Waals surface area contributed by atoms with Gasteiger partial charge in [0, 0.05) is 11.6 Å². The monoisotopic (exact) mass is 299 g/mol. The molecule has 3 nitrogen and oxygen atoms in total. The van der Waals surface area contributed by atoms with Gasteiger partial charge in [0.25, 0.3) is 11.8 Å². The number of hydrogen-bond acceptors (Lipinski definition) is 2. The van der Waals surface area contributed by atoms with E-state index in [0.717, 1.165) is 5.56 Å². The number of rotatable bonds is 3. The molecular formula is C17H14ClNO2. The van der Waals surface area contributed by atoms with Gasteiger partial charge in [-0.15, -0.1) is 0 Å². The Morgan fingerprint density at radius 3 is 2.19 bits per heavy atom. The molecule has 1 atom stereocenters. The van der Waals surface area contributed by atoms with Crippen molar-refractivity contribution in [2.45, 2.75) is 12.8 Å². The average molecular weight is 300 g/mol. The van der Waals surface area contributed by atoms with Gasteiger partial charge in [-0.2, -0.15) is 0 Å². The highest BCUT2D eigenvalue weighted by molar-refractivity contribution is 6.30. The summed E-state index contributed by atoms with van der Waals surface area (Å²) in [6, 6.07) is 14.4. The van der Waals surface area contributed by atoms with Crippen molar-refractivity contribution < 1.29 is 9.59 Å². The number of benzene rings is 2. The highest BCUT2D eigenvalue weighted by atomic mass is 35.5. The smallest absolute Gasteiger partial charge is 0.261 e. The van der Waals surface area contributed by atoms with Crippen molar-refractivity contribution in [3.63, 3.8) is 0 Å². The van der Waals surface area contributed by atoms with Gasteiger partial charge in [-0.25, -0.2) is 0 Å². The van der Waals surface area contributed by atoms with E-state index in [4.69, 9.17) is 11.6 Å². The van der Waals surface area contributed by atoms with E-state index >= 15 is 0 Å². The number of carbonyl (C=O) groups excluding carboxylic acids is 2. The lowest BCUT2D eigenvalue weighted by Gasteiger charge is -2.19. The molecule has 21 heavy (non-hydrogen) atoms. The van der Waals surface area contributed by atoms with Crippen LogP contribution in [0.4, 0.5) is 0 Å². The first-order chi connectivity index (χ1) is 10.1. The second-order valence-corrected chi connectivity index (χ2v) is 5.66. The molecule has 3 rings (SSSR count). The van der Waals surface area contributed by atoms with E-state index in [2.05, 4.69) is 0 Å². The van der Waals surface area contributed by atoms with Crippen molar-refractivity contribution in [1.29, 1.82) is 0 Å². The minimum atomic E-state index is -0.218. The van der Waals surface area contributed by atoms with Crippen LogP contribution in [0.15, 0.2) is 48.5 Å². The predicted molar refractivity (Wildman–Crippen MR) is 81.7 cm³/mol. The molecule has 0 N–H and O–H groups in total. The van der Waals surface area contributed by atoms with E-state index < -0.39 is 0 Å². The second-order valence-electron chi connectivity index (χ2n) is 5.22. The van der Waals surface area contributed by atoms with Gasteiger partial charge < -0.3 is 0 Å². The van der Waals surface area contributed by atoms with Gasteiger partial charge in [0.2, 0.25) is 0 Å². The first kappa shape index (κ1) is 13.8. The number of amides is 2. The maximum Gasteiger partial charge on any atom is 0.261 e. The topological polar surface area (TPSA) is 37.4 Å². The summed E-state index contributed by atoms with van der Waals surface area (Å²) in [5, 5.41) is 0.654. The van der Waals surface area contributed by atoms with E-state index in [-0.39, 0.29) is 17.7 Å². The van der Waals surface area contributed by atoms with Gasteiger partial charge in [-0.05, 0) is 35.7 Å². The minimum Gasteiger partial charge on any atom is -0.274 e. The SMILES string of the molecule is CC(CN1C(=O)c2ccccc2C1=O)c1cccc(Cl)c1. The van der Waals surface area contributed by atoms with Crippen LogP contribution in [0.25, 0.3) is 0 Å². The molecule has 0 radical (unpaired) electrons. The summed E-state index contributed by atoms with van der Waals surface area (Å²) in [7, 11) is 0. The van der Waals surface area contributed by atoms with Crippen LogP contribution >= 0.6 is 11.6 Å². The Labute approximate surface area is 128 Å². The van der Waals surface area contributed by atoms with E-state index in [0.29, 0.717) is 22.7 Å². The second kappa shape index (κ2) is 5.34. The zero-order chi connectivity index (χ0) is 15.0. The summed E-state index contributed by atoms with van der Waals surface area (Å²) in [6.07, 6.45) is 0. The Hall–Kier alpha value is -2.13. The maximum absolute atomic E-state index is 12.3. The lowest BCUT2D eigenvalue weighted by Crippen LogP contribution is -2.33. The molecule has 0 spiro atoms. The lowest BCUT2D eigenvalue weighted by atomic mass is 10.0. The quantitative estimate of drug-likeness (QED) is 0.810. The van der Waals surface area contributed by atoms with E-state index in [1.807, 2.05) is 25.1 Å². The lowest BCUT2D eigenvalue weighted by molar-refractivity contribution is 0.0646. The van der Waals surface area contributed by atoms with Crippen LogP contribution in [-0.4, -0.2) is 23.3 Å². The fourth-order valence-corrected chi connectivity index (χ4v) is 2.80. The summed E-state index contributed by atoms with van der Waals surface area (Å²) in [5.41, 5.74) is 1.99. The maximum atomic E-state index is 12.3. The van der Waals surface area contributed by atoms with Crippen LogP contribution in [0.5, 0.6) is 0 Å². The molecule has 2 amide bonds. The largest absolute Gasteiger partial charge is 0.274 e. The normalized spacial score (nSPS) is 15.2. The highest BCUT2D eigenvalue weighted by Gasteiger charge is 2.35. The van der Waals surface area contributed by atoms with Crippen LogP contribution in [0.3, 0.4) is 0 Å². The number of imide groups is 1. The number of hydrogen-bond donors (Lipinski definition) is 0. The molecule has 2 aromatic carbocycles. The van der Waals surface area contributed by atoms with E-state index in [1.165, 1.54) is 4.90 Å². The first-order valence-electron chi connectivity index (χ1n) is 6.78. The predicted octanol–water partition coefficient (Wildman–Crippen LogP) is 3.74. The Kier molecular flexibility index (Phi) is 3.52. The van der Waals surface area contributed by atoms with Crippen LogP contribution in [0.1, 0.15) is 39.1 Å². The Balaban J connectivity index is 1.84. The highest BCUT2D eigenvalue weighted by Crippen LogP contribution is 2.26. The summed E-state index contributed by atoms with van der Waals surface area (Å²) >= 11 is 5.99. The number of nitrogens with zero attached hydrogens (tertiary/aromatic N) is 1. The average Bonchev–Trinajstić information content (AvgIpc) is 2.73. The van der Waals surface area contributed by atoms with Crippen molar-refractivity contribution in [3.8, 4) is 0 Å². The third-order valence-corrected chi connectivity index (χ3v) is 3.99. The molecule has 1 aliphatic rings. The fraction of sp³-hybridized carbons (Fsp3) is 0.176. The molecule has 0 saturated heterocycles.